The van der Waals surface area contributed by atoms with Gasteiger partial charge in [0.05, 0.1) is 16.9 Å². The maximum atomic E-state index is 12.9. The van der Waals surface area contributed by atoms with Gasteiger partial charge in [0.1, 0.15) is 0 Å². The quantitative estimate of drug-likeness (QED) is 0.748. The van der Waals surface area contributed by atoms with Crippen molar-refractivity contribution in [3.8, 4) is 0 Å². The molecule has 0 aliphatic heterocycles. The lowest BCUT2D eigenvalue weighted by atomic mass is 10.1. The number of nitrogens with zero attached hydrogens (tertiary/aromatic N) is 3. The highest BCUT2D eigenvalue weighted by molar-refractivity contribution is 9.10. The van der Waals surface area contributed by atoms with Crippen molar-refractivity contribution in [1.82, 2.24) is 14.5 Å². The summed E-state index contributed by atoms with van der Waals surface area (Å²) in [6, 6.07) is 15.5. The van der Waals surface area contributed by atoms with Crippen molar-refractivity contribution < 1.29 is 0 Å². The van der Waals surface area contributed by atoms with Crippen molar-refractivity contribution in [3.05, 3.63) is 68.9 Å². The molecule has 2 N–H and O–H groups in total. The molecule has 6 heteroatoms. The smallest absolute Gasteiger partial charge is 0.262 e. The highest BCUT2D eigenvalue weighted by Crippen LogP contribution is 2.22. The predicted molar refractivity (Wildman–Crippen MR) is 101 cm³/mol. The van der Waals surface area contributed by atoms with Crippen LogP contribution in [0.25, 0.3) is 10.9 Å². The van der Waals surface area contributed by atoms with Crippen LogP contribution in [0.4, 0.5) is 5.95 Å². The number of hydrogen-bond acceptors (Lipinski definition) is 4. The van der Waals surface area contributed by atoms with E-state index in [9.17, 15) is 4.79 Å². The van der Waals surface area contributed by atoms with E-state index in [0.717, 1.165) is 10.0 Å². The molecule has 0 saturated heterocycles. The molecule has 0 fully saturated rings. The van der Waals surface area contributed by atoms with Crippen LogP contribution >= 0.6 is 15.9 Å². The molecular weight excluding hydrogens is 368 g/mol. The SMILES string of the molecule is CN(C)C(Cn1c(N)nc2ccc(Br)cc2c1=O)c1ccccc1. The Labute approximate surface area is 148 Å². The normalized spacial score (nSPS) is 12.7. The van der Waals surface area contributed by atoms with Gasteiger partial charge in [-0.15, -0.1) is 0 Å². The van der Waals surface area contributed by atoms with Crippen LogP contribution in [-0.2, 0) is 6.54 Å². The Bertz CT molecular complexity index is 921. The molecule has 0 saturated carbocycles. The van der Waals surface area contributed by atoms with Gasteiger partial charge in [0.15, 0.2) is 0 Å². The highest BCUT2D eigenvalue weighted by Gasteiger charge is 2.18. The van der Waals surface area contributed by atoms with E-state index in [1.165, 1.54) is 0 Å². The summed E-state index contributed by atoms with van der Waals surface area (Å²) in [7, 11) is 3.98. The van der Waals surface area contributed by atoms with Crippen LogP contribution in [-0.4, -0.2) is 28.5 Å². The number of benzene rings is 2. The largest absolute Gasteiger partial charge is 0.369 e. The number of nitrogen functional groups attached to an aromatic ring is 1. The molecule has 24 heavy (non-hydrogen) atoms. The number of fused-ring (bicyclic) bond motifs is 1. The Morgan fingerprint density at radius 3 is 2.58 bits per heavy atom. The molecule has 1 unspecified atom stereocenters. The van der Waals surface area contributed by atoms with Crippen LogP contribution in [0.2, 0.25) is 0 Å². The first-order chi connectivity index (χ1) is 11.5. The fourth-order valence-electron chi connectivity index (χ4n) is 2.80. The molecule has 0 aliphatic rings. The van der Waals surface area contributed by atoms with E-state index in [0.29, 0.717) is 17.4 Å². The second-order valence-electron chi connectivity index (χ2n) is 5.94. The zero-order valence-corrected chi connectivity index (χ0v) is 15.2. The topological polar surface area (TPSA) is 64.2 Å². The molecule has 3 aromatic rings. The minimum atomic E-state index is -0.124. The van der Waals surface area contributed by atoms with E-state index < -0.39 is 0 Å². The van der Waals surface area contributed by atoms with E-state index in [1.54, 1.807) is 16.7 Å². The molecule has 5 nitrogen and oxygen atoms in total. The predicted octanol–water partition coefficient (Wildman–Crippen LogP) is 3.04. The number of aromatic nitrogens is 2. The molecule has 1 heterocycles. The maximum Gasteiger partial charge on any atom is 0.262 e. The van der Waals surface area contributed by atoms with Gasteiger partial charge in [0, 0.05) is 11.0 Å². The third-order valence-corrected chi connectivity index (χ3v) is 4.60. The van der Waals surface area contributed by atoms with E-state index in [-0.39, 0.29) is 17.5 Å². The zero-order chi connectivity index (χ0) is 17.3. The average Bonchev–Trinajstić information content (AvgIpc) is 2.56. The second kappa shape index (κ2) is 6.75. The summed E-state index contributed by atoms with van der Waals surface area (Å²) in [5.41, 5.74) is 7.69. The molecule has 0 amide bonds. The van der Waals surface area contributed by atoms with Crippen molar-refractivity contribution in [1.29, 1.82) is 0 Å². The van der Waals surface area contributed by atoms with Gasteiger partial charge in [-0.05, 0) is 37.9 Å². The number of rotatable bonds is 4. The minimum absolute atomic E-state index is 0.0256. The lowest BCUT2D eigenvalue weighted by Gasteiger charge is -2.26. The lowest BCUT2D eigenvalue weighted by Crippen LogP contribution is -2.32. The monoisotopic (exact) mass is 386 g/mol. The highest BCUT2D eigenvalue weighted by atomic mass is 79.9. The van der Waals surface area contributed by atoms with E-state index in [1.807, 2.05) is 38.4 Å². The number of anilines is 1. The maximum absolute atomic E-state index is 12.9. The molecule has 3 rings (SSSR count). The standard InChI is InChI=1S/C18H19BrN4O/c1-22(2)16(12-6-4-3-5-7-12)11-23-17(24)14-10-13(19)8-9-15(14)21-18(23)20/h3-10,16H,11H2,1-2H3,(H2,20,21). The zero-order valence-electron chi connectivity index (χ0n) is 13.6. The fourth-order valence-corrected chi connectivity index (χ4v) is 3.16. The summed E-state index contributed by atoms with van der Waals surface area (Å²) in [6.45, 7) is 0.442. The van der Waals surface area contributed by atoms with Gasteiger partial charge in [0.2, 0.25) is 5.95 Å². The summed E-state index contributed by atoms with van der Waals surface area (Å²) >= 11 is 3.41. The second-order valence-corrected chi connectivity index (χ2v) is 6.85. The molecule has 0 aliphatic carbocycles. The summed E-state index contributed by atoms with van der Waals surface area (Å²) < 4.78 is 2.39. The van der Waals surface area contributed by atoms with Gasteiger partial charge in [0.25, 0.3) is 5.56 Å². The summed E-state index contributed by atoms with van der Waals surface area (Å²) in [6.07, 6.45) is 0. The summed E-state index contributed by atoms with van der Waals surface area (Å²) in [5, 5.41) is 0.559. The first kappa shape index (κ1) is 16.7. The molecule has 124 valence electrons. The van der Waals surface area contributed by atoms with Gasteiger partial charge in [-0.25, -0.2) is 4.98 Å². The van der Waals surface area contributed by atoms with Crippen molar-refractivity contribution >= 4 is 32.8 Å². The first-order valence-electron chi connectivity index (χ1n) is 7.64. The Hall–Kier alpha value is -2.18. The molecular formula is C18H19BrN4O. The van der Waals surface area contributed by atoms with Gasteiger partial charge in [-0.3, -0.25) is 9.36 Å². The van der Waals surface area contributed by atoms with Crippen LogP contribution in [0.15, 0.2) is 57.8 Å². The third kappa shape index (κ3) is 3.20. The molecule has 0 spiro atoms. The van der Waals surface area contributed by atoms with Crippen LogP contribution < -0.4 is 11.3 Å². The first-order valence-corrected chi connectivity index (χ1v) is 8.43. The van der Waals surface area contributed by atoms with Crippen molar-refractivity contribution in [2.75, 3.05) is 19.8 Å². The van der Waals surface area contributed by atoms with Crippen molar-refractivity contribution in [3.63, 3.8) is 0 Å². The van der Waals surface area contributed by atoms with Crippen LogP contribution in [0.1, 0.15) is 11.6 Å². The number of likely N-dealkylation sites (N-methyl/N-ethyl adjacent to an activating group) is 1. The Morgan fingerprint density at radius 2 is 1.92 bits per heavy atom. The van der Waals surface area contributed by atoms with Crippen LogP contribution in [0, 0.1) is 0 Å². The van der Waals surface area contributed by atoms with Crippen LogP contribution in [0.5, 0.6) is 0 Å². The van der Waals surface area contributed by atoms with Gasteiger partial charge in [-0.2, -0.15) is 0 Å². The third-order valence-electron chi connectivity index (χ3n) is 4.11. The van der Waals surface area contributed by atoms with E-state index in [2.05, 4.69) is 37.9 Å². The minimum Gasteiger partial charge on any atom is -0.369 e. The van der Waals surface area contributed by atoms with E-state index in [4.69, 9.17) is 5.73 Å². The van der Waals surface area contributed by atoms with Gasteiger partial charge < -0.3 is 10.6 Å². The number of nitrogens with two attached hydrogens (primary N) is 1. The van der Waals surface area contributed by atoms with Crippen LogP contribution in [0.3, 0.4) is 0 Å². The molecule has 0 radical (unpaired) electrons. The molecule has 0 bridgehead atoms. The fraction of sp³-hybridized carbons (Fsp3) is 0.222. The number of hydrogen-bond donors (Lipinski definition) is 1. The van der Waals surface area contributed by atoms with E-state index >= 15 is 0 Å². The van der Waals surface area contributed by atoms with Gasteiger partial charge in [-0.1, -0.05) is 46.3 Å². The Balaban J connectivity index is 2.10. The van der Waals surface area contributed by atoms with Gasteiger partial charge >= 0.3 is 0 Å². The Kier molecular flexibility index (Phi) is 4.69. The van der Waals surface area contributed by atoms with Crippen molar-refractivity contribution in [2.24, 2.45) is 0 Å². The molecule has 1 atom stereocenters. The summed E-state index contributed by atoms with van der Waals surface area (Å²) in [5.74, 6) is 0.234. The lowest BCUT2D eigenvalue weighted by molar-refractivity contribution is 0.267. The average molecular weight is 387 g/mol. The molecule has 2 aromatic carbocycles. The molecule has 1 aromatic heterocycles. The number of halogens is 1. The summed E-state index contributed by atoms with van der Waals surface area (Å²) in [4.78, 5) is 19.4. The van der Waals surface area contributed by atoms with Crippen molar-refractivity contribution in [2.45, 2.75) is 12.6 Å². The Morgan fingerprint density at radius 1 is 1.21 bits per heavy atom.